The molecule has 2 rings (SSSR count). The van der Waals surface area contributed by atoms with Crippen LogP contribution in [0, 0.1) is 5.82 Å². The van der Waals surface area contributed by atoms with E-state index in [-0.39, 0.29) is 16.1 Å². The van der Waals surface area contributed by atoms with Gasteiger partial charge in [0.15, 0.2) is 27.7 Å². The lowest BCUT2D eigenvalue weighted by molar-refractivity contribution is 0.572. The number of furan rings is 1. The molecule has 78 valence electrons. The molecular weight excluding hydrogens is 310 g/mol. The van der Waals surface area contributed by atoms with E-state index < -0.39 is 5.82 Å². The molecule has 0 N–H and O–H groups in total. The average Bonchev–Trinajstić information content (AvgIpc) is 2.60. The molecule has 2 aromatic heterocycles. The summed E-state index contributed by atoms with van der Waals surface area (Å²) in [6.45, 7) is 0. The van der Waals surface area contributed by atoms with E-state index in [1.165, 1.54) is 6.26 Å². The summed E-state index contributed by atoms with van der Waals surface area (Å²) in [5.74, 6) is -0.369. The Morgan fingerprint density at radius 1 is 1.27 bits per heavy atom. The molecule has 0 aromatic carbocycles. The monoisotopic (exact) mass is 310 g/mol. The lowest BCUT2D eigenvalue weighted by Gasteiger charge is -2.00. The van der Waals surface area contributed by atoms with E-state index in [2.05, 4.69) is 25.9 Å². The zero-order chi connectivity index (χ0) is 11.0. The number of rotatable bonds is 1. The Labute approximate surface area is 102 Å². The van der Waals surface area contributed by atoms with Gasteiger partial charge in [-0.1, -0.05) is 23.2 Å². The van der Waals surface area contributed by atoms with Crippen molar-refractivity contribution in [1.82, 2.24) is 9.97 Å². The Morgan fingerprint density at radius 3 is 2.33 bits per heavy atom. The maximum Gasteiger partial charge on any atom is 0.199 e. The van der Waals surface area contributed by atoms with Crippen LogP contribution in [0.15, 0.2) is 21.2 Å². The minimum absolute atomic E-state index is 0.128. The minimum atomic E-state index is -0.843. The molecule has 2 heterocycles. The summed E-state index contributed by atoms with van der Waals surface area (Å²) >= 11 is 14.3. The van der Waals surface area contributed by atoms with Crippen molar-refractivity contribution in [2.24, 2.45) is 0 Å². The highest BCUT2D eigenvalue weighted by atomic mass is 79.9. The fourth-order valence-corrected chi connectivity index (χ4v) is 1.72. The maximum atomic E-state index is 13.0. The number of hydrogen-bond donors (Lipinski definition) is 0. The van der Waals surface area contributed by atoms with Crippen LogP contribution < -0.4 is 0 Å². The standard InChI is InChI=1S/C8H2BrCl2FN2O/c9-3-1-2-15-5(3)8-13-6(10)4(12)7(11)14-8/h1-2H. The lowest BCUT2D eigenvalue weighted by atomic mass is 10.4. The third-order valence-electron chi connectivity index (χ3n) is 1.59. The predicted octanol–water partition coefficient (Wildman–Crippen LogP) is 3.95. The minimum Gasteiger partial charge on any atom is -0.460 e. The van der Waals surface area contributed by atoms with Crippen LogP contribution in [0.5, 0.6) is 0 Å². The second-order valence-corrected chi connectivity index (χ2v) is 4.11. The van der Waals surface area contributed by atoms with Gasteiger partial charge in [0.25, 0.3) is 0 Å². The molecule has 0 spiro atoms. The number of aromatic nitrogens is 2. The molecule has 0 fully saturated rings. The molecule has 7 heteroatoms. The molecule has 0 amide bonds. The van der Waals surface area contributed by atoms with E-state index in [0.717, 1.165) is 0 Å². The molecule has 0 aliphatic rings. The zero-order valence-corrected chi connectivity index (χ0v) is 10.1. The summed E-state index contributed by atoms with van der Waals surface area (Å²) in [5.41, 5.74) is 0. The largest absolute Gasteiger partial charge is 0.460 e. The Hall–Kier alpha value is -0.650. The van der Waals surface area contributed by atoms with E-state index in [9.17, 15) is 4.39 Å². The SMILES string of the molecule is Fc1c(Cl)nc(-c2occc2Br)nc1Cl. The van der Waals surface area contributed by atoms with Crippen LogP contribution in [0.25, 0.3) is 11.6 Å². The highest BCUT2D eigenvalue weighted by Gasteiger charge is 2.16. The van der Waals surface area contributed by atoms with Crippen molar-refractivity contribution in [1.29, 1.82) is 0 Å². The van der Waals surface area contributed by atoms with Gasteiger partial charge in [-0.15, -0.1) is 0 Å². The van der Waals surface area contributed by atoms with Gasteiger partial charge >= 0.3 is 0 Å². The molecule has 0 aliphatic heterocycles. The molecular formula is C8H2BrCl2FN2O. The summed E-state index contributed by atoms with van der Waals surface area (Å²) in [6, 6.07) is 1.66. The Bertz CT molecular complexity index is 494. The Balaban J connectivity index is 2.60. The molecule has 0 radical (unpaired) electrons. The van der Waals surface area contributed by atoms with Crippen LogP contribution in [0.3, 0.4) is 0 Å². The molecule has 0 saturated carbocycles. The second-order valence-electron chi connectivity index (χ2n) is 2.54. The molecule has 3 nitrogen and oxygen atoms in total. The third-order valence-corrected chi connectivity index (χ3v) is 2.72. The van der Waals surface area contributed by atoms with Crippen molar-refractivity contribution >= 4 is 39.1 Å². The van der Waals surface area contributed by atoms with Crippen LogP contribution in [-0.2, 0) is 0 Å². The van der Waals surface area contributed by atoms with Crippen LogP contribution in [-0.4, -0.2) is 9.97 Å². The molecule has 15 heavy (non-hydrogen) atoms. The second kappa shape index (κ2) is 4.08. The van der Waals surface area contributed by atoms with Crippen molar-refractivity contribution in [2.45, 2.75) is 0 Å². The van der Waals surface area contributed by atoms with E-state index in [1.807, 2.05) is 0 Å². The first-order valence-electron chi connectivity index (χ1n) is 3.71. The smallest absolute Gasteiger partial charge is 0.199 e. The van der Waals surface area contributed by atoms with E-state index in [1.54, 1.807) is 6.07 Å². The van der Waals surface area contributed by atoms with Crippen LogP contribution in [0.2, 0.25) is 10.3 Å². The summed E-state index contributed by atoms with van der Waals surface area (Å²) in [6.07, 6.45) is 1.44. The summed E-state index contributed by atoms with van der Waals surface area (Å²) in [4.78, 5) is 7.42. The molecule has 0 bridgehead atoms. The quantitative estimate of drug-likeness (QED) is 0.749. The molecule has 0 unspecified atom stereocenters. The van der Waals surface area contributed by atoms with Gasteiger partial charge in [-0.25, -0.2) is 14.4 Å². The fourth-order valence-electron chi connectivity index (χ4n) is 0.949. The first-order valence-corrected chi connectivity index (χ1v) is 5.26. The lowest BCUT2D eigenvalue weighted by Crippen LogP contribution is -1.94. The van der Waals surface area contributed by atoms with Crippen molar-refractivity contribution in [2.75, 3.05) is 0 Å². The van der Waals surface area contributed by atoms with Crippen molar-refractivity contribution < 1.29 is 8.81 Å². The van der Waals surface area contributed by atoms with Crippen molar-refractivity contribution in [3.63, 3.8) is 0 Å². The van der Waals surface area contributed by atoms with Gasteiger partial charge in [-0.05, 0) is 22.0 Å². The van der Waals surface area contributed by atoms with Crippen molar-refractivity contribution in [3.05, 3.63) is 32.9 Å². The highest BCUT2D eigenvalue weighted by molar-refractivity contribution is 9.10. The predicted molar refractivity (Wildman–Crippen MR) is 57.4 cm³/mol. The van der Waals surface area contributed by atoms with E-state index in [4.69, 9.17) is 27.6 Å². The first kappa shape index (κ1) is 10.9. The maximum absolute atomic E-state index is 13.0. The van der Waals surface area contributed by atoms with Gasteiger partial charge < -0.3 is 4.42 Å². The molecule has 2 aromatic rings. The van der Waals surface area contributed by atoms with Gasteiger partial charge in [0.05, 0.1) is 10.7 Å². The summed E-state index contributed by atoms with van der Waals surface area (Å²) < 4.78 is 18.8. The van der Waals surface area contributed by atoms with E-state index in [0.29, 0.717) is 10.2 Å². The zero-order valence-electron chi connectivity index (χ0n) is 6.97. The van der Waals surface area contributed by atoms with Gasteiger partial charge in [0.1, 0.15) is 0 Å². The van der Waals surface area contributed by atoms with E-state index >= 15 is 0 Å². The summed E-state index contributed by atoms with van der Waals surface area (Å²) in [5, 5.41) is -0.679. The molecule has 0 saturated heterocycles. The van der Waals surface area contributed by atoms with Crippen molar-refractivity contribution in [3.8, 4) is 11.6 Å². The highest BCUT2D eigenvalue weighted by Crippen LogP contribution is 2.29. The first-order chi connectivity index (χ1) is 7.09. The molecule has 0 aliphatic carbocycles. The van der Waals surface area contributed by atoms with Gasteiger partial charge in [0, 0.05) is 0 Å². The van der Waals surface area contributed by atoms with Gasteiger partial charge in [-0.3, -0.25) is 0 Å². The Kier molecular flexibility index (Phi) is 2.95. The topological polar surface area (TPSA) is 38.9 Å². The number of nitrogens with zero attached hydrogens (tertiary/aromatic N) is 2. The average molecular weight is 312 g/mol. The van der Waals surface area contributed by atoms with Crippen LogP contribution in [0.4, 0.5) is 4.39 Å². The Morgan fingerprint density at radius 2 is 1.87 bits per heavy atom. The summed E-state index contributed by atoms with van der Waals surface area (Å²) in [7, 11) is 0. The molecule has 0 atom stereocenters. The number of halogens is 4. The number of hydrogen-bond acceptors (Lipinski definition) is 3. The third kappa shape index (κ3) is 2.00. The normalized spacial score (nSPS) is 10.7. The fraction of sp³-hybridized carbons (Fsp3) is 0. The van der Waals surface area contributed by atoms with Gasteiger partial charge in [-0.2, -0.15) is 0 Å². The van der Waals surface area contributed by atoms with Gasteiger partial charge in [0.2, 0.25) is 0 Å². The van der Waals surface area contributed by atoms with Crippen LogP contribution >= 0.6 is 39.1 Å². The van der Waals surface area contributed by atoms with Crippen LogP contribution in [0.1, 0.15) is 0 Å².